The Morgan fingerprint density at radius 2 is 2.04 bits per heavy atom. The first-order valence-corrected chi connectivity index (χ1v) is 7.82. The Labute approximate surface area is 145 Å². The lowest BCUT2D eigenvalue weighted by molar-refractivity contribution is 0.401. The first kappa shape index (κ1) is 18.5. The summed E-state index contributed by atoms with van der Waals surface area (Å²) in [4.78, 5) is 32.6. The Morgan fingerprint density at radius 1 is 1.32 bits per heavy atom. The second-order valence-corrected chi connectivity index (χ2v) is 5.70. The summed E-state index contributed by atoms with van der Waals surface area (Å²) in [5, 5.41) is 10.5. The van der Waals surface area contributed by atoms with Gasteiger partial charge in [0.15, 0.2) is 0 Å². The van der Waals surface area contributed by atoms with Gasteiger partial charge >= 0.3 is 5.69 Å². The Hall–Kier alpha value is -2.87. The topological polar surface area (TPSA) is 99.9 Å². The van der Waals surface area contributed by atoms with Crippen LogP contribution >= 0.6 is 0 Å². The number of benzene rings is 1. The molecule has 1 aromatic carbocycles. The lowest BCUT2D eigenvalue weighted by Crippen LogP contribution is -2.31. The van der Waals surface area contributed by atoms with Gasteiger partial charge in [0.1, 0.15) is 11.3 Å². The molecule has 0 saturated heterocycles. The number of aromatic amines is 1. The van der Waals surface area contributed by atoms with Crippen LogP contribution < -0.4 is 16.0 Å². The summed E-state index contributed by atoms with van der Waals surface area (Å²) >= 11 is 0. The average molecular weight is 346 g/mol. The number of hydrogen-bond donors (Lipinski definition) is 2. The van der Waals surface area contributed by atoms with Crippen molar-refractivity contribution in [1.82, 2.24) is 14.5 Å². The highest BCUT2D eigenvalue weighted by Crippen LogP contribution is 2.24. The number of aromatic hydroxyl groups is 1. The van der Waals surface area contributed by atoms with Crippen LogP contribution in [0.4, 0.5) is 0 Å². The van der Waals surface area contributed by atoms with E-state index in [0.29, 0.717) is 18.0 Å². The summed E-state index contributed by atoms with van der Waals surface area (Å²) < 4.78 is 6.20. The molecule has 0 aliphatic heterocycles. The second-order valence-electron chi connectivity index (χ2n) is 5.70. The SMILES string of the molecule is COc1ccccc1-n1c(O)c(C=NCCCN(C)C)c(=O)[nH]c1=O. The molecule has 0 amide bonds. The summed E-state index contributed by atoms with van der Waals surface area (Å²) in [7, 11) is 5.38. The van der Waals surface area contributed by atoms with E-state index in [1.165, 1.54) is 13.3 Å². The quantitative estimate of drug-likeness (QED) is 0.565. The van der Waals surface area contributed by atoms with Crippen molar-refractivity contribution in [3.05, 3.63) is 50.7 Å². The molecule has 2 rings (SSSR count). The van der Waals surface area contributed by atoms with E-state index in [4.69, 9.17) is 4.74 Å². The minimum absolute atomic E-state index is 0.0737. The van der Waals surface area contributed by atoms with Gasteiger partial charge in [-0.05, 0) is 39.2 Å². The number of aliphatic imine (C=N–C) groups is 1. The summed E-state index contributed by atoms with van der Waals surface area (Å²) in [6.45, 7) is 1.37. The van der Waals surface area contributed by atoms with Crippen LogP contribution in [0.1, 0.15) is 12.0 Å². The molecule has 0 radical (unpaired) electrons. The molecule has 8 heteroatoms. The molecule has 1 heterocycles. The number of ether oxygens (including phenoxy) is 1. The molecule has 0 aliphatic carbocycles. The number of aromatic nitrogens is 2. The molecule has 0 aliphatic rings. The van der Waals surface area contributed by atoms with E-state index in [9.17, 15) is 14.7 Å². The minimum Gasteiger partial charge on any atom is -0.495 e. The zero-order chi connectivity index (χ0) is 18.4. The van der Waals surface area contributed by atoms with Gasteiger partial charge in [0.25, 0.3) is 5.56 Å². The molecule has 8 nitrogen and oxygen atoms in total. The van der Waals surface area contributed by atoms with Crippen LogP contribution in [-0.2, 0) is 0 Å². The molecular formula is C17H22N4O4. The molecule has 0 atom stereocenters. The predicted octanol–water partition coefficient (Wildman–Crippen LogP) is 0.611. The van der Waals surface area contributed by atoms with E-state index in [1.54, 1.807) is 24.3 Å². The normalized spacial score (nSPS) is 11.4. The van der Waals surface area contributed by atoms with Crippen molar-refractivity contribution < 1.29 is 9.84 Å². The monoisotopic (exact) mass is 346 g/mol. The summed E-state index contributed by atoms with van der Waals surface area (Å²) in [6, 6.07) is 6.70. The Morgan fingerprint density at radius 3 is 2.72 bits per heavy atom. The van der Waals surface area contributed by atoms with Gasteiger partial charge in [-0.15, -0.1) is 0 Å². The average Bonchev–Trinajstić information content (AvgIpc) is 2.57. The third kappa shape index (κ3) is 4.36. The number of para-hydroxylation sites is 2. The highest BCUT2D eigenvalue weighted by Gasteiger charge is 2.16. The zero-order valence-electron chi connectivity index (χ0n) is 14.5. The molecule has 0 fully saturated rings. The van der Waals surface area contributed by atoms with Crippen molar-refractivity contribution in [1.29, 1.82) is 0 Å². The number of nitrogens with one attached hydrogen (secondary N) is 1. The van der Waals surface area contributed by atoms with Crippen molar-refractivity contribution in [3.63, 3.8) is 0 Å². The molecule has 0 bridgehead atoms. The maximum Gasteiger partial charge on any atom is 0.335 e. The van der Waals surface area contributed by atoms with Gasteiger partial charge in [0.05, 0.1) is 12.8 Å². The van der Waals surface area contributed by atoms with Gasteiger partial charge in [-0.3, -0.25) is 14.8 Å². The van der Waals surface area contributed by atoms with E-state index in [2.05, 4.69) is 9.98 Å². The van der Waals surface area contributed by atoms with Crippen LogP contribution in [0.5, 0.6) is 11.6 Å². The van der Waals surface area contributed by atoms with E-state index >= 15 is 0 Å². The lowest BCUT2D eigenvalue weighted by Gasteiger charge is -2.12. The van der Waals surface area contributed by atoms with Crippen molar-refractivity contribution in [2.24, 2.45) is 4.99 Å². The standard InChI is InChI=1S/C17H22N4O4/c1-20(2)10-6-9-18-11-12-15(22)19-17(24)21(16(12)23)13-7-4-5-8-14(13)25-3/h4-5,7-8,11,23H,6,9-10H2,1-3H3,(H,19,22,24). The lowest BCUT2D eigenvalue weighted by atomic mass is 10.2. The van der Waals surface area contributed by atoms with Crippen molar-refractivity contribution in [2.75, 3.05) is 34.3 Å². The van der Waals surface area contributed by atoms with Crippen molar-refractivity contribution >= 4 is 6.21 Å². The highest BCUT2D eigenvalue weighted by molar-refractivity contribution is 5.82. The van der Waals surface area contributed by atoms with Gasteiger partial charge in [-0.2, -0.15) is 0 Å². The van der Waals surface area contributed by atoms with E-state index in [0.717, 1.165) is 17.5 Å². The summed E-state index contributed by atoms with van der Waals surface area (Å²) in [5.41, 5.74) is -1.19. The highest BCUT2D eigenvalue weighted by atomic mass is 16.5. The van der Waals surface area contributed by atoms with E-state index in [1.807, 2.05) is 19.0 Å². The third-order valence-corrected chi connectivity index (χ3v) is 3.56. The van der Waals surface area contributed by atoms with Crippen LogP contribution in [0.3, 0.4) is 0 Å². The number of rotatable bonds is 7. The molecule has 2 aromatic rings. The van der Waals surface area contributed by atoms with Crippen LogP contribution in [-0.4, -0.2) is 60.1 Å². The van der Waals surface area contributed by atoms with Crippen LogP contribution in [0.25, 0.3) is 5.69 Å². The van der Waals surface area contributed by atoms with Crippen molar-refractivity contribution in [2.45, 2.75) is 6.42 Å². The smallest absolute Gasteiger partial charge is 0.335 e. The molecule has 25 heavy (non-hydrogen) atoms. The molecular weight excluding hydrogens is 324 g/mol. The van der Waals surface area contributed by atoms with Gasteiger partial charge in [-0.25, -0.2) is 9.36 Å². The van der Waals surface area contributed by atoms with Gasteiger partial charge in [0, 0.05) is 12.8 Å². The second kappa shape index (κ2) is 8.29. The van der Waals surface area contributed by atoms with Crippen LogP contribution in [0, 0.1) is 0 Å². The molecule has 0 spiro atoms. The third-order valence-electron chi connectivity index (χ3n) is 3.56. The maximum atomic E-state index is 12.2. The number of nitrogens with zero attached hydrogens (tertiary/aromatic N) is 3. The maximum absolute atomic E-state index is 12.2. The van der Waals surface area contributed by atoms with E-state index in [-0.39, 0.29) is 5.56 Å². The minimum atomic E-state index is -0.753. The molecule has 0 unspecified atom stereocenters. The molecule has 0 saturated carbocycles. The first-order chi connectivity index (χ1) is 12.0. The summed E-state index contributed by atoms with van der Waals surface area (Å²) in [5.74, 6) is -0.0876. The molecule has 1 aromatic heterocycles. The van der Waals surface area contributed by atoms with Gasteiger partial charge in [-0.1, -0.05) is 12.1 Å². The Bertz CT molecular complexity index is 868. The van der Waals surface area contributed by atoms with E-state index < -0.39 is 17.1 Å². The van der Waals surface area contributed by atoms with Gasteiger partial charge < -0.3 is 14.7 Å². The number of H-pyrrole nitrogens is 1. The Kier molecular flexibility index (Phi) is 6.13. The molecule has 134 valence electrons. The van der Waals surface area contributed by atoms with Crippen LogP contribution in [0.15, 0.2) is 38.8 Å². The van der Waals surface area contributed by atoms with Crippen molar-refractivity contribution in [3.8, 4) is 17.3 Å². The zero-order valence-corrected chi connectivity index (χ0v) is 14.5. The fourth-order valence-corrected chi connectivity index (χ4v) is 2.33. The number of hydrogen-bond acceptors (Lipinski definition) is 6. The fourth-order valence-electron chi connectivity index (χ4n) is 2.33. The molecule has 2 N–H and O–H groups in total. The summed E-state index contributed by atoms with van der Waals surface area (Å²) in [6.07, 6.45) is 2.10. The first-order valence-electron chi connectivity index (χ1n) is 7.82. The Balaban J connectivity index is 2.42. The predicted molar refractivity (Wildman–Crippen MR) is 96.5 cm³/mol. The number of methoxy groups -OCH3 is 1. The van der Waals surface area contributed by atoms with Crippen LogP contribution in [0.2, 0.25) is 0 Å². The van der Waals surface area contributed by atoms with Gasteiger partial charge in [0.2, 0.25) is 5.88 Å². The fraction of sp³-hybridized carbons (Fsp3) is 0.353. The largest absolute Gasteiger partial charge is 0.495 e.